The molecule has 0 saturated heterocycles. The smallest absolute Gasteiger partial charge is 0.154 e. The van der Waals surface area contributed by atoms with Crippen LogP contribution >= 0.6 is 0 Å². The Bertz CT molecular complexity index is 1250. The Hall–Kier alpha value is -4.06. The molecule has 0 amide bonds. The van der Waals surface area contributed by atoms with Gasteiger partial charge in [-0.3, -0.25) is 0 Å². The summed E-state index contributed by atoms with van der Waals surface area (Å²) in [7, 11) is 0. The van der Waals surface area contributed by atoms with Crippen LogP contribution in [-0.2, 0) is 0 Å². The largest absolute Gasteiger partial charge is 0.507 e. The standard InChI is InChI=1S/C24H19F2N3O/c25-16-8-5-10-18(28)22(16)23-21(14-7-1-3-9-17(14)27)15(12-19(29)24(23)26)13-6-2-4-11-20(13)30/h1-12,30H,27-29H2. The van der Waals surface area contributed by atoms with Crippen LogP contribution in [0.3, 0.4) is 0 Å². The summed E-state index contributed by atoms with van der Waals surface area (Å²) in [6.07, 6.45) is 0. The van der Waals surface area contributed by atoms with Crippen molar-refractivity contribution in [2.45, 2.75) is 0 Å². The van der Waals surface area contributed by atoms with Crippen LogP contribution in [0, 0.1) is 11.6 Å². The van der Waals surface area contributed by atoms with Gasteiger partial charge in [-0.1, -0.05) is 42.5 Å². The predicted molar refractivity (Wildman–Crippen MR) is 118 cm³/mol. The van der Waals surface area contributed by atoms with E-state index in [9.17, 15) is 9.50 Å². The van der Waals surface area contributed by atoms with E-state index in [0.29, 0.717) is 22.4 Å². The summed E-state index contributed by atoms with van der Waals surface area (Å²) in [6.45, 7) is 0. The third-order valence-corrected chi connectivity index (χ3v) is 5.01. The minimum absolute atomic E-state index is 0.0354. The highest BCUT2D eigenvalue weighted by molar-refractivity contribution is 6.02. The minimum atomic E-state index is -0.816. The Morgan fingerprint density at radius 1 is 0.567 bits per heavy atom. The molecular weight excluding hydrogens is 384 g/mol. The summed E-state index contributed by atoms with van der Waals surface area (Å²) in [5, 5.41) is 10.5. The van der Waals surface area contributed by atoms with E-state index in [-0.39, 0.29) is 33.8 Å². The lowest BCUT2D eigenvalue weighted by Crippen LogP contribution is -2.04. The van der Waals surface area contributed by atoms with E-state index in [2.05, 4.69) is 0 Å². The molecule has 30 heavy (non-hydrogen) atoms. The summed E-state index contributed by atoms with van der Waals surface area (Å²) < 4.78 is 30.4. The maximum Gasteiger partial charge on any atom is 0.154 e. The van der Waals surface area contributed by atoms with Crippen LogP contribution in [-0.4, -0.2) is 5.11 Å². The normalized spacial score (nSPS) is 10.9. The fourth-order valence-corrected chi connectivity index (χ4v) is 3.64. The number of phenolic OH excluding ortho intramolecular Hbond substituents is 1. The molecule has 0 fully saturated rings. The van der Waals surface area contributed by atoms with E-state index >= 15 is 4.39 Å². The lowest BCUT2D eigenvalue weighted by atomic mass is 9.85. The first-order valence-electron chi connectivity index (χ1n) is 9.19. The van der Waals surface area contributed by atoms with Crippen molar-refractivity contribution in [2.75, 3.05) is 17.2 Å². The van der Waals surface area contributed by atoms with Crippen molar-refractivity contribution < 1.29 is 13.9 Å². The number of hydrogen-bond acceptors (Lipinski definition) is 4. The van der Waals surface area contributed by atoms with Crippen LogP contribution in [0.1, 0.15) is 0 Å². The molecule has 4 aromatic carbocycles. The average molecular weight is 403 g/mol. The molecule has 4 nitrogen and oxygen atoms in total. The Balaban J connectivity index is 2.24. The summed E-state index contributed by atoms with van der Waals surface area (Å²) in [4.78, 5) is 0. The zero-order valence-electron chi connectivity index (χ0n) is 15.9. The maximum absolute atomic E-state index is 15.5. The highest BCUT2D eigenvalue weighted by atomic mass is 19.1. The number of para-hydroxylation sites is 2. The quantitative estimate of drug-likeness (QED) is 0.343. The summed E-state index contributed by atoms with van der Waals surface area (Å²) in [5.41, 5.74) is 19.8. The average Bonchev–Trinajstić information content (AvgIpc) is 2.72. The highest BCUT2D eigenvalue weighted by Gasteiger charge is 2.26. The number of halogens is 2. The van der Waals surface area contributed by atoms with E-state index < -0.39 is 11.6 Å². The Kier molecular flexibility index (Phi) is 4.75. The number of hydrogen-bond donors (Lipinski definition) is 4. The minimum Gasteiger partial charge on any atom is -0.507 e. The van der Waals surface area contributed by atoms with Crippen molar-refractivity contribution in [3.8, 4) is 39.1 Å². The first-order valence-corrected chi connectivity index (χ1v) is 9.19. The van der Waals surface area contributed by atoms with Crippen molar-refractivity contribution in [1.29, 1.82) is 0 Å². The van der Waals surface area contributed by atoms with Gasteiger partial charge in [0.15, 0.2) is 5.82 Å². The van der Waals surface area contributed by atoms with E-state index in [1.165, 1.54) is 30.3 Å². The van der Waals surface area contributed by atoms with Crippen molar-refractivity contribution in [3.63, 3.8) is 0 Å². The first-order chi connectivity index (χ1) is 14.4. The fourth-order valence-electron chi connectivity index (χ4n) is 3.64. The molecule has 6 heteroatoms. The third kappa shape index (κ3) is 3.08. The molecule has 0 saturated carbocycles. The van der Waals surface area contributed by atoms with Gasteiger partial charge in [0.05, 0.1) is 5.69 Å². The topological polar surface area (TPSA) is 98.3 Å². The molecular formula is C24H19F2N3O. The van der Waals surface area contributed by atoms with Gasteiger partial charge in [-0.05, 0) is 35.9 Å². The van der Waals surface area contributed by atoms with Crippen molar-refractivity contribution in [3.05, 3.63) is 84.4 Å². The molecule has 0 spiro atoms. The van der Waals surface area contributed by atoms with Gasteiger partial charge < -0.3 is 22.3 Å². The van der Waals surface area contributed by atoms with E-state index in [1.54, 1.807) is 42.5 Å². The lowest BCUT2D eigenvalue weighted by molar-refractivity contribution is 0.477. The first kappa shape index (κ1) is 19.3. The molecule has 7 N–H and O–H groups in total. The number of nitrogen functional groups attached to an aromatic ring is 3. The van der Waals surface area contributed by atoms with Gasteiger partial charge in [0.1, 0.15) is 11.6 Å². The second-order valence-corrected chi connectivity index (χ2v) is 6.89. The van der Waals surface area contributed by atoms with Crippen LogP contribution in [0.4, 0.5) is 25.8 Å². The fraction of sp³-hybridized carbons (Fsp3) is 0. The predicted octanol–water partition coefficient (Wildman–Crippen LogP) is 5.42. The number of rotatable bonds is 3. The molecule has 150 valence electrons. The Morgan fingerprint density at radius 3 is 1.87 bits per heavy atom. The molecule has 4 rings (SSSR count). The molecule has 0 unspecified atom stereocenters. The summed E-state index contributed by atoms with van der Waals surface area (Å²) >= 11 is 0. The summed E-state index contributed by atoms with van der Waals surface area (Å²) in [6, 6.07) is 18.9. The van der Waals surface area contributed by atoms with Gasteiger partial charge in [0.25, 0.3) is 0 Å². The van der Waals surface area contributed by atoms with Crippen molar-refractivity contribution >= 4 is 17.1 Å². The number of phenols is 1. The van der Waals surface area contributed by atoms with Gasteiger partial charge in [0.2, 0.25) is 0 Å². The Labute approximate surface area is 172 Å². The second kappa shape index (κ2) is 7.40. The van der Waals surface area contributed by atoms with Gasteiger partial charge in [-0.25, -0.2) is 8.78 Å². The van der Waals surface area contributed by atoms with Gasteiger partial charge in [0, 0.05) is 39.2 Å². The van der Waals surface area contributed by atoms with Gasteiger partial charge >= 0.3 is 0 Å². The van der Waals surface area contributed by atoms with Gasteiger partial charge in [-0.15, -0.1) is 0 Å². The van der Waals surface area contributed by atoms with Crippen molar-refractivity contribution in [1.82, 2.24) is 0 Å². The molecule has 0 atom stereocenters. The van der Waals surface area contributed by atoms with E-state index in [1.807, 2.05) is 0 Å². The molecule has 0 aliphatic rings. The Morgan fingerprint density at radius 2 is 1.20 bits per heavy atom. The number of nitrogens with two attached hydrogens (primary N) is 3. The summed E-state index contributed by atoms with van der Waals surface area (Å²) in [5.74, 6) is -1.55. The maximum atomic E-state index is 15.5. The van der Waals surface area contributed by atoms with Crippen LogP contribution in [0.2, 0.25) is 0 Å². The molecule has 4 aromatic rings. The zero-order valence-corrected chi connectivity index (χ0v) is 15.9. The van der Waals surface area contributed by atoms with Gasteiger partial charge in [-0.2, -0.15) is 0 Å². The second-order valence-electron chi connectivity index (χ2n) is 6.89. The van der Waals surface area contributed by atoms with Crippen LogP contribution in [0.15, 0.2) is 72.8 Å². The molecule has 0 aliphatic heterocycles. The van der Waals surface area contributed by atoms with E-state index in [4.69, 9.17) is 17.2 Å². The molecule has 0 aromatic heterocycles. The monoisotopic (exact) mass is 403 g/mol. The number of anilines is 3. The molecule has 0 bridgehead atoms. The van der Waals surface area contributed by atoms with Crippen LogP contribution < -0.4 is 17.2 Å². The SMILES string of the molecule is Nc1ccccc1-c1c(-c2ccccc2O)cc(N)c(F)c1-c1c(N)cccc1F. The molecule has 0 aliphatic carbocycles. The zero-order chi connectivity index (χ0) is 21.4. The highest BCUT2D eigenvalue weighted by Crippen LogP contribution is 2.48. The van der Waals surface area contributed by atoms with E-state index in [0.717, 1.165) is 0 Å². The lowest BCUT2D eigenvalue weighted by Gasteiger charge is -2.21. The number of aromatic hydroxyl groups is 1. The third-order valence-electron chi connectivity index (χ3n) is 5.01. The van der Waals surface area contributed by atoms with Crippen molar-refractivity contribution in [2.24, 2.45) is 0 Å². The van der Waals surface area contributed by atoms with Crippen LogP contribution in [0.5, 0.6) is 5.75 Å². The number of benzene rings is 4. The molecule has 0 heterocycles. The molecule has 0 radical (unpaired) electrons. The van der Waals surface area contributed by atoms with Crippen LogP contribution in [0.25, 0.3) is 33.4 Å².